The van der Waals surface area contributed by atoms with Crippen LogP contribution in [0.2, 0.25) is 0 Å². The zero-order valence-corrected chi connectivity index (χ0v) is 22.0. The summed E-state index contributed by atoms with van der Waals surface area (Å²) in [6.45, 7) is 13.1. The van der Waals surface area contributed by atoms with Gasteiger partial charge in [0.1, 0.15) is 22.4 Å². The van der Waals surface area contributed by atoms with E-state index < -0.39 is 11.0 Å². The first-order valence-corrected chi connectivity index (χ1v) is 13.4. The van der Waals surface area contributed by atoms with E-state index in [0.29, 0.717) is 29.8 Å². The number of H-pyrrole nitrogens is 1. The fourth-order valence-electron chi connectivity index (χ4n) is 4.37. The molecule has 4 N–H and O–H groups in total. The molecule has 1 saturated carbocycles. The first kappa shape index (κ1) is 28.3. The number of nitriles is 1. The Morgan fingerprint density at radius 1 is 1.26 bits per heavy atom. The van der Waals surface area contributed by atoms with E-state index in [1.165, 1.54) is 19.3 Å². The molecule has 0 spiro atoms. The maximum absolute atomic E-state index is 12.7. The first-order chi connectivity index (χ1) is 16.9. The Labute approximate surface area is 211 Å². The highest BCUT2D eigenvalue weighted by Crippen LogP contribution is 2.31. The molecule has 1 atom stereocenters. The summed E-state index contributed by atoms with van der Waals surface area (Å²) in [6, 6.07) is 7.79. The zero-order chi connectivity index (χ0) is 26.0. The third-order valence-electron chi connectivity index (χ3n) is 5.81. The molecular weight excluding hydrogens is 460 g/mol. The van der Waals surface area contributed by atoms with Gasteiger partial charge in [-0.1, -0.05) is 47.0 Å². The van der Waals surface area contributed by atoms with Crippen LogP contribution in [0.3, 0.4) is 0 Å². The second-order valence-corrected chi connectivity index (χ2v) is 10.3. The van der Waals surface area contributed by atoms with Gasteiger partial charge < -0.3 is 16.0 Å². The van der Waals surface area contributed by atoms with E-state index in [2.05, 4.69) is 35.7 Å². The number of anilines is 1. The van der Waals surface area contributed by atoms with E-state index in [1.54, 1.807) is 6.20 Å². The number of hydrogen-bond acceptors (Lipinski definition) is 5. The van der Waals surface area contributed by atoms with Crippen LogP contribution in [0, 0.1) is 17.8 Å². The number of aliphatic imine (C=N–C) groups is 1. The minimum absolute atomic E-state index is 0.179. The molecule has 2 heterocycles. The number of aromatic nitrogens is 1. The predicted octanol–water partition coefficient (Wildman–Crippen LogP) is 4.82. The van der Waals surface area contributed by atoms with Gasteiger partial charge in [-0.3, -0.25) is 4.79 Å². The maximum atomic E-state index is 12.7. The van der Waals surface area contributed by atoms with Gasteiger partial charge in [-0.05, 0) is 48.6 Å². The number of hydrogen-bond donors (Lipinski definition) is 3. The molecule has 1 fully saturated rings. The van der Waals surface area contributed by atoms with Crippen molar-refractivity contribution in [2.45, 2.75) is 77.3 Å². The van der Waals surface area contributed by atoms with Crippen molar-refractivity contribution in [2.75, 3.05) is 11.9 Å². The summed E-state index contributed by atoms with van der Waals surface area (Å²) in [6.07, 6.45) is 7.49. The lowest BCUT2D eigenvalue weighted by Crippen LogP contribution is -2.29. The number of nitrogens with one attached hydrogen (secondary N) is 2. The lowest BCUT2D eigenvalue weighted by atomic mass is 9.95. The molecule has 8 nitrogen and oxygen atoms in total. The molecule has 0 radical (unpaired) electrons. The van der Waals surface area contributed by atoms with E-state index in [9.17, 15) is 9.00 Å². The van der Waals surface area contributed by atoms with Crippen LogP contribution >= 0.6 is 0 Å². The molecule has 190 valence electrons. The van der Waals surface area contributed by atoms with Gasteiger partial charge in [-0.2, -0.15) is 0 Å². The van der Waals surface area contributed by atoms with Crippen molar-refractivity contribution in [1.29, 1.82) is 5.26 Å². The summed E-state index contributed by atoms with van der Waals surface area (Å²) >= 11 is 0. The van der Waals surface area contributed by atoms with E-state index in [4.69, 9.17) is 11.0 Å². The molecule has 35 heavy (non-hydrogen) atoms. The molecule has 2 aromatic rings. The van der Waals surface area contributed by atoms with Gasteiger partial charge in [0.05, 0.1) is 16.3 Å². The lowest BCUT2D eigenvalue weighted by molar-refractivity contribution is 0.396. The molecule has 1 aromatic heterocycles. The molecule has 0 saturated heterocycles. The quantitative estimate of drug-likeness (QED) is 0.389. The second-order valence-electron chi connectivity index (χ2n) is 8.83. The van der Waals surface area contributed by atoms with Gasteiger partial charge in [0.15, 0.2) is 0 Å². The average Bonchev–Trinajstić information content (AvgIpc) is 3.16. The molecule has 2 aliphatic rings. The van der Waals surface area contributed by atoms with E-state index >= 15 is 0 Å². The average molecular weight is 499 g/mol. The Bertz CT molecular complexity index is 1100. The van der Waals surface area contributed by atoms with Crippen LogP contribution in [0.5, 0.6) is 0 Å². The number of pyridine rings is 1. The van der Waals surface area contributed by atoms with Crippen LogP contribution in [0.15, 0.2) is 45.1 Å². The van der Waals surface area contributed by atoms with E-state index in [0.717, 1.165) is 35.5 Å². The van der Waals surface area contributed by atoms with Gasteiger partial charge in [-0.25, -0.2) is 18.8 Å². The van der Waals surface area contributed by atoms with Crippen molar-refractivity contribution in [2.24, 2.45) is 16.6 Å². The van der Waals surface area contributed by atoms with Crippen LogP contribution in [0.4, 0.5) is 11.4 Å². The van der Waals surface area contributed by atoms with Crippen molar-refractivity contribution in [3.63, 3.8) is 0 Å². The Kier molecular flexibility index (Phi) is 11.2. The van der Waals surface area contributed by atoms with Crippen LogP contribution in [-0.4, -0.2) is 31.9 Å². The fourth-order valence-corrected chi connectivity index (χ4v) is 5.87. The number of aromatic amines is 1. The summed E-state index contributed by atoms with van der Waals surface area (Å²) in [7, 11) is -1.14. The molecule has 1 aliphatic heterocycles. The highest BCUT2D eigenvalue weighted by Gasteiger charge is 2.27. The molecule has 0 amide bonds. The third kappa shape index (κ3) is 7.26. The van der Waals surface area contributed by atoms with Crippen molar-refractivity contribution in [3.8, 4) is 6.57 Å². The highest BCUT2D eigenvalue weighted by atomic mass is 32.2. The van der Waals surface area contributed by atoms with Gasteiger partial charge in [0, 0.05) is 31.9 Å². The summed E-state index contributed by atoms with van der Waals surface area (Å²) in [5, 5.41) is 10.0. The van der Waals surface area contributed by atoms with E-state index in [1.807, 2.05) is 42.4 Å². The lowest BCUT2D eigenvalue weighted by Gasteiger charge is -2.24. The Morgan fingerprint density at radius 2 is 1.94 bits per heavy atom. The van der Waals surface area contributed by atoms with Crippen LogP contribution in [0.25, 0.3) is 0 Å². The SMILES string of the molecule is C#N.CC.CC(C)CN1Cc2cc(N=C(N)c3c(NC4CCCCC4)cc[nH]c3=O)ccc2S1=O. The number of nitrogens with two attached hydrogens (primary N) is 1. The van der Waals surface area contributed by atoms with Gasteiger partial charge in [0.2, 0.25) is 0 Å². The minimum atomic E-state index is -1.14. The van der Waals surface area contributed by atoms with E-state index in [-0.39, 0.29) is 11.4 Å². The van der Waals surface area contributed by atoms with Gasteiger partial charge >= 0.3 is 0 Å². The molecule has 0 bridgehead atoms. The van der Waals surface area contributed by atoms with Crippen LogP contribution < -0.4 is 16.6 Å². The molecule has 1 unspecified atom stereocenters. The molecule has 1 aliphatic carbocycles. The summed E-state index contributed by atoms with van der Waals surface area (Å²) in [4.78, 5) is 20.7. The van der Waals surface area contributed by atoms with Crippen LogP contribution in [-0.2, 0) is 17.5 Å². The largest absolute Gasteiger partial charge is 0.383 e. The number of nitrogens with zero attached hydrogens (tertiary/aromatic N) is 3. The van der Waals surface area contributed by atoms with Crippen molar-refractivity contribution in [3.05, 3.63) is 51.9 Å². The standard InChI is InChI=1S/C23H31N5O2S.C2H6.CHN/c1-15(2)13-28-14-16-12-18(8-9-20(16)31(28)30)27-22(24)21-19(10-11-25-23(21)29)26-17-6-4-3-5-7-17;2*1-2/h8-12,15,17H,3-7,13-14H2,1-2H3,(H2,24,27)(H2,25,26,29);1-2H3;1H. The van der Waals surface area contributed by atoms with Gasteiger partial charge in [-0.15, -0.1) is 0 Å². The molecule has 9 heteroatoms. The van der Waals surface area contributed by atoms with Crippen LogP contribution in [0.1, 0.15) is 70.9 Å². The topological polar surface area (TPSA) is 127 Å². The number of rotatable bonds is 6. The van der Waals surface area contributed by atoms with Crippen molar-refractivity contribution >= 4 is 28.2 Å². The summed E-state index contributed by atoms with van der Waals surface area (Å²) in [5.74, 6) is 0.615. The Morgan fingerprint density at radius 3 is 2.60 bits per heavy atom. The van der Waals surface area contributed by atoms with Crippen molar-refractivity contribution in [1.82, 2.24) is 9.29 Å². The second kappa shape index (κ2) is 13.8. The Hall–Kier alpha value is -2.96. The summed E-state index contributed by atoms with van der Waals surface area (Å²) in [5.41, 5.74) is 8.81. The van der Waals surface area contributed by atoms with Crippen molar-refractivity contribution < 1.29 is 4.21 Å². The third-order valence-corrected chi connectivity index (χ3v) is 7.34. The highest BCUT2D eigenvalue weighted by molar-refractivity contribution is 7.83. The zero-order valence-electron chi connectivity index (χ0n) is 21.2. The smallest absolute Gasteiger partial charge is 0.261 e. The maximum Gasteiger partial charge on any atom is 0.261 e. The number of amidine groups is 1. The predicted molar refractivity (Wildman–Crippen MR) is 144 cm³/mol. The summed E-state index contributed by atoms with van der Waals surface area (Å²) < 4.78 is 14.7. The minimum Gasteiger partial charge on any atom is -0.383 e. The van der Waals surface area contributed by atoms with Gasteiger partial charge in [0.25, 0.3) is 5.56 Å². The number of benzene rings is 1. The normalized spacial score (nSPS) is 18.1. The fraction of sp³-hybridized carbons (Fsp3) is 0.500. The number of fused-ring (bicyclic) bond motifs is 1. The molecule has 4 rings (SSSR count). The first-order valence-electron chi connectivity index (χ1n) is 12.3. The monoisotopic (exact) mass is 498 g/mol. The Balaban J connectivity index is 0.00000103. The molecular formula is C26H38N6O2S. The molecule has 1 aromatic carbocycles.